The van der Waals surface area contributed by atoms with Crippen LogP contribution in [0.5, 0.6) is 0 Å². The molecule has 0 radical (unpaired) electrons. The van der Waals surface area contributed by atoms with Gasteiger partial charge < -0.3 is 9.64 Å². The van der Waals surface area contributed by atoms with Crippen LogP contribution in [-0.4, -0.2) is 64.9 Å². The van der Waals surface area contributed by atoms with Crippen LogP contribution in [0.2, 0.25) is 0 Å². The molecule has 4 heterocycles. The molecule has 1 unspecified atom stereocenters. The van der Waals surface area contributed by atoms with E-state index in [-0.39, 0.29) is 11.7 Å². The fourth-order valence-electron chi connectivity index (χ4n) is 4.87. The summed E-state index contributed by atoms with van der Waals surface area (Å²) in [5, 5.41) is 0. The molecule has 2 aliphatic heterocycles. The van der Waals surface area contributed by atoms with Gasteiger partial charge in [0.1, 0.15) is 0 Å². The maximum atomic E-state index is 12.7. The standard InChI is InChI=1S/C25H31N5O2/c1-28-24(31)16-22(20-8-10-26-11-9-20)27-25(28)30-14-15-32-23(18-30)21-6-4-19(5-7-21)17-29-12-2-3-13-29/h4-6,8-11,16,21,23H,2-3,7,12-15,17-18H2,1H3/t21?,23-/m0/s1. The summed E-state index contributed by atoms with van der Waals surface area (Å²) >= 11 is 0. The van der Waals surface area contributed by atoms with Crippen molar-refractivity contribution >= 4 is 5.95 Å². The Bertz CT molecular complexity index is 1060. The number of likely N-dealkylation sites (tertiary alicyclic amines) is 1. The van der Waals surface area contributed by atoms with E-state index < -0.39 is 0 Å². The van der Waals surface area contributed by atoms with E-state index in [1.54, 1.807) is 30.1 Å². The molecule has 2 atom stereocenters. The van der Waals surface area contributed by atoms with Crippen molar-refractivity contribution in [3.8, 4) is 11.3 Å². The average molecular weight is 434 g/mol. The lowest BCUT2D eigenvalue weighted by atomic mass is 9.90. The van der Waals surface area contributed by atoms with Crippen molar-refractivity contribution in [1.82, 2.24) is 19.4 Å². The SMILES string of the molecule is Cn1c(N2CCO[C@H](C3C=CC(CN4CCCC4)=CC3)C2)nc(-c2ccncc2)cc1=O. The summed E-state index contributed by atoms with van der Waals surface area (Å²) in [5.41, 5.74) is 2.94. The van der Waals surface area contributed by atoms with E-state index >= 15 is 0 Å². The Kier molecular flexibility index (Phi) is 6.19. The van der Waals surface area contributed by atoms with Crippen LogP contribution < -0.4 is 10.5 Å². The highest BCUT2D eigenvalue weighted by Gasteiger charge is 2.29. The summed E-state index contributed by atoms with van der Waals surface area (Å²) in [6.07, 6.45) is 14.2. The lowest BCUT2D eigenvalue weighted by Gasteiger charge is -2.37. The predicted molar refractivity (Wildman–Crippen MR) is 126 cm³/mol. The first-order valence-corrected chi connectivity index (χ1v) is 11.6. The molecule has 0 aromatic carbocycles. The van der Waals surface area contributed by atoms with Crippen LogP contribution in [0.3, 0.4) is 0 Å². The minimum atomic E-state index is -0.0584. The van der Waals surface area contributed by atoms with Gasteiger partial charge in [-0.3, -0.25) is 19.2 Å². The first-order valence-electron chi connectivity index (χ1n) is 11.6. The zero-order valence-electron chi connectivity index (χ0n) is 18.7. The van der Waals surface area contributed by atoms with E-state index in [0.717, 1.165) is 31.6 Å². The zero-order chi connectivity index (χ0) is 21.9. The molecule has 168 valence electrons. The van der Waals surface area contributed by atoms with E-state index in [1.807, 2.05) is 12.1 Å². The molecule has 0 spiro atoms. The molecular formula is C25H31N5O2. The van der Waals surface area contributed by atoms with Crippen molar-refractivity contribution in [2.45, 2.75) is 25.4 Å². The van der Waals surface area contributed by atoms with Crippen molar-refractivity contribution in [3.63, 3.8) is 0 Å². The largest absolute Gasteiger partial charge is 0.374 e. The fourth-order valence-corrected chi connectivity index (χ4v) is 4.87. The number of anilines is 1. The van der Waals surface area contributed by atoms with Gasteiger partial charge in [-0.05, 0) is 50.1 Å². The van der Waals surface area contributed by atoms with Crippen LogP contribution in [0.25, 0.3) is 11.3 Å². The third-order valence-corrected chi connectivity index (χ3v) is 6.76. The van der Waals surface area contributed by atoms with Gasteiger partial charge in [0.2, 0.25) is 5.95 Å². The first kappa shape index (κ1) is 21.1. The summed E-state index contributed by atoms with van der Waals surface area (Å²) < 4.78 is 7.80. The number of rotatable bonds is 5. The maximum absolute atomic E-state index is 12.7. The second-order valence-electron chi connectivity index (χ2n) is 8.95. The number of ether oxygens (including phenoxy) is 1. The lowest BCUT2D eigenvalue weighted by molar-refractivity contribution is 0.0138. The van der Waals surface area contributed by atoms with Crippen LogP contribution in [0.4, 0.5) is 5.95 Å². The minimum absolute atomic E-state index is 0.0584. The van der Waals surface area contributed by atoms with Crippen molar-refractivity contribution in [1.29, 1.82) is 0 Å². The highest BCUT2D eigenvalue weighted by molar-refractivity contribution is 5.59. The smallest absolute Gasteiger partial charge is 0.255 e. The van der Waals surface area contributed by atoms with Gasteiger partial charge in [0.05, 0.1) is 18.4 Å². The molecule has 2 fully saturated rings. The second-order valence-corrected chi connectivity index (χ2v) is 8.95. The van der Waals surface area contributed by atoms with Gasteiger partial charge in [0, 0.05) is 56.6 Å². The van der Waals surface area contributed by atoms with E-state index in [0.29, 0.717) is 24.2 Å². The normalized spacial score (nSPS) is 24.0. The van der Waals surface area contributed by atoms with Gasteiger partial charge in [-0.25, -0.2) is 4.98 Å². The molecule has 2 saturated heterocycles. The Morgan fingerprint density at radius 1 is 1.16 bits per heavy atom. The molecule has 0 amide bonds. The van der Waals surface area contributed by atoms with Gasteiger partial charge in [-0.15, -0.1) is 0 Å². The monoisotopic (exact) mass is 433 g/mol. The summed E-state index contributed by atoms with van der Waals surface area (Å²) in [6.45, 7) is 5.59. The summed E-state index contributed by atoms with van der Waals surface area (Å²) in [5.74, 6) is 1.04. The zero-order valence-corrected chi connectivity index (χ0v) is 18.7. The number of morpholine rings is 1. The van der Waals surface area contributed by atoms with E-state index in [2.05, 4.69) is 33.0 Å². The number of nitrogens with zero attached hydrogens (tertiary/aromatic N) is 5. The van der Waals surface area contributed by atoms with Crippen LogP contribution in [0, 0.1) is 5.92 Å². The molecular weight excluding hydrogens is 402 g/mol. The number of hydrogen-bond donors (Lipinski definition) is 0. The lowest BCUT2D eigenvalue weighted by Crippen LogP contribution is -2.47. The number of aromatic nitrogens is 3. The molecule has 2 aromatic rings. The molecule has 5 rings (SSSR count). The third kappa shape index (κ3) is 4.54. The van der Waals surface area contributed by atoms with E-state index in [9.17, 15) is 4.79 Å². The Morgan fingerprint density at radius 2 is 1.97 bits per heavy atom. The molecule has 3 aliphatic rings. The highest BCUT2D eigenvalue weighted by Crippen LogP contribution is 2.27. The predicted octanol–water partition coefficient (Wildman–Crippen LogP) is 2.65. The van der Waals surface area contributed by atoms with Crippen molar-refractivity contribution in [2.24, 2.45) is 13.0 Å². The van der Waals surface area contributed by atoms with Crippen LogP contribution >= 0.6 is 0 Å². The summed E-state index contributed by atoms with van der Waals surface area (Å²) in [7, 11) is 1.79. The van der Waals surface area contributed by atoms with E-state index in [4.69, 9.17) is 9.72 Å². The molecule has 1 aliphatic carbocycles. The molecule has 0 bridgehead atoms. The molecule has 7 heteroatoms. The quantitative estimate of drug-likeness (QED) is 0.722. The minimum Gasteiger partial charge on any atom is -0.374 e. The Morgan fingerprint density at radius 3 is 2.72 bits per heavy atom. The van der Waals surface area contributed by atoms with Crippen molar-refractivity contribution < 1.29 is 4.74 Å². The van der Waals surface area contributed by atoms with Crippen molar-refractivity contribution in [3.05, 3.63) is 64.7 Å². The second kappa shape index (κ2) is 9.38. The summed E-state index contributed by atoms with van der Waals surface area (Å²) in [6, 6.07) is 5.35. The first-order chi connectivity index (χ1) is 15.7. The Labute approximate surface area is 189 Å². The molecule has 2 aromatic heterocycles. The molecule has 0 saturated carbocycles. The number of pyridine rings is 1. The van der Waals surface area contributed by atoms with Crippen molar-refractivity contribution in [2.75, 3.05) is 44.2 Å². The molecule has 0 N–H and O–H groups in total. The highest BCUT2D eigenvalue weighted by atomic mass is 16.5. The third-order valence-electron chi connectivity index (χ3n) is 6.76. The van der Waals surface area contributed by atoms with E-state index in [1.165, 1.54) is 31.5 Å². The maximum Gasteiger partial charge on any atom is 0.255 e. The summed E-state index contributed by atoms with van der Waals surface area (Å²) in [4.78, 5) is 26.3. The average Bonchev–Trinajstić information content (AvgIpc) is 3.35. The molecule has 32 heavy (non-hydrogen) atoms. The van der Waals surface area contributed by atoms with Gasteiger partial charge in [-0.2, -0.15) is 0 Å². The van der Waals surface area contributed by atoms with Crippen LogP contribution in [-0.2, 0) is 11.8 Å². The Balaban J connectivity index is 1.29. The number of hydrogen-bond acceptors (Lipinski definition) is 6. The van der Waals surface area contributed by atoms with Crippen LogP contribution in [0.1, 0.15) is 19.3 Å². The topological polar surface area (TPSA) is 63.5 Å². The van der Waals surface area contributed by atoms with Gasteiger partial charge in [0.25, 0.3) is 5.56 Å². The van der Waals surface area contributed by atoms with Crippen LogP contribution in [0.15, 0.2) is 59.2 Å². The molecule has 7 nitrogen and oxygen atoms in total. The Hall–Kier alpha value is -2.77. The fraction of sp³-hybridized carbons (Fsp3) is 0.480. The number of allylic oxidation sites excluding steroid dienone is 1. The van der Waals surface area contributed by atoms with Gasteiger partial charge >= 0.3 is 0 Å². The van der Waals surface area contributed by atoms with Gasteiger partial charge in [0.15, 0.2) is 0 Å². The van der Waals surface area contributed by atoms with Gasteiger partial charge in [-0.1, -0.05) is 18.2 Å².